The van der Waals surface area contributed by atoms with Crippen molar-refractivity contribution in [3.63, 3.8) is 0 Å². The molecule has 0 radical (unpaired) electrons. The van der Waals surface area contributed by atoms with E-state index in [0.717, 1.165) is 15.1 Å². The topological polar surface area (TPSA) is 110 Å². The molecule has 2 unspecified atom stereocenters. The van der Waals surface area contributed by atoms with E-state index in [1.165, 1.54) is 36.4 Å². The molecule has 1 aromatic heterocycles. The quantitative estimate of drug-likeness (QED) is 0.257. The molecule has 2 aromatic carbocycles. The Bertz CT molecular complexity index is 1540. The Morgan fingerprint density at radius 1 is 1.17 bits per heavy atom. The molecule has 1 aliphatic rings. The molecule has 1 fully saturated rings. The van der Waals surface area contributed by atoms with Gasteiger partial charge in [-0.1, -0.05) is 32.0 Å². The number of hydrogen-bond donors (Lipinski definition) is 1. The SMILES string of the molecule is COC1CC(C(=O)Nc2ccc(-n3cc(Br)cc(C(=O)OCC(C)C)c3=O)cc2F)N(C(=O)N(Cl)c2ccccc2)C1. The number of para-hydroxylation sites is 1. The van der Waals surface area contributed by atoms with Gasteiger partial charge in [-0.15, -0.1) is 0 Å². The number of hydrogen-bond acceptors (Lipinski definition) is 6. The van der Waals surface area contributed by atoms with Crippen LogP contribution >= 0.6 is 27.7 Å². The van der Waals surface area contributed by atoms with E-state index in [0.29, 0.717) is 10.2 Å². The zero-order chi connectivity index (χ0) is 30.6. The number of nitrogens with zero attached hydrogens (tertiary/aromatic N) is 3. The molecule has 222 valence electrons. The number of nitrogens with one attached hydrogen (secondary N) is 1. The molecular formula is C29H29BrClFN4O6. The summed E-state index contributed by atoms with van der Waals surface area (Å²) in [5.74, 6) is -2.18. The largest absolute Gasteiger partial charge is 0.462 e. The third-order valence-electron chi connectivity index (χ3n) is 6.54. The van der Waals surface area contributed by atoms with Crippen LogP contribution in [0, 0.1) is 11.7 Å². The molecule has 1 saturated heterocycles. The number of rotatable bonds is 8. The van der Waals surface area contributed by atoms with Crippen molar-refractivity contribution in [3.8, 4) is 5.69 Å². The highest BCUT2D eigenvalue weighted by atomic mass is 79.9. The second kappa shape index (κ2) is 13.5. The zero-order valence-corrected chi connectivity index (χ0v) is 25.4. The summed E-state index contributed by atoms with van der Waals surface area (Å²) in [4.78, 5) is 53.3. The van der Waals surface area contributed by atoms with Gasteiger partial charge >= 0.3 is 12.0 Å². The number of likely N-dealkylation sites (tertiary alicyclic amines) is 1. The van der Waals surface area contributed by atoms with E-state index < -0.39 is 41.4 Å². The number of aromatic nitrogens is 1. The third kappa shape index (κ3) is 7.00. The number of ether oxygens (including phenoxy) is 2. The number of halogens is 3. The highest BCUT2D eigenvalue weighted by Crippen LogP contribution is 2.27. The fourth-order valence-electron chi connectivity index (χ4n) is 4.39. The highest BCUT2D eigenvalue weighted by molar-refractivity contribution is 9.10. The van der Waals surface area contributed by atoms with E-state index in [1.54, 1.807) is 30.3 Å². The Kier molecular flexibility index (Phi) is 10.0. The van der Waals surface area contributed by atoms with Crippen molar-refractivity contribution in [1.29, 1.82) is 0 Å². The Morgan fingerprint density at radius 3 is 2.52 bits per heavy atom. The van der Waals surface area contributed by atoms with Gasteiger partial charge in [-0.3, -0.25) is 14.2 Å². The molecule has 2 heterocycles. The fourth-order valence-corrected chi connectivity index (χ4v) is 5.03. The molecule has 3 aromatic rings. The van der Waals surface area contributed by atoms with Crippen molar-refractivity contribution in [3.05, 3.63) is 87.0 Å². The Balaban J connectivity index is 1.55. The minimum Gasteiger partial charge on any atom is -0.462 e. The van der Waals surface area contributed by atoms with Crippen LogP contribution in [-0.2, 0) is 14.3 Å². The van der Waals surface area contributed by atoms with Gasteiger partial charge in [-0.2, -0.15) is 0 Å². The lowest BCUT2D eigenvalue weighted by Gasteiger charge is -2.27. The highest BCUT2D eigenvalue weighted by Gasteiger charge is 2.42. The van der Waals surface area contributed by atoms with Crippen LogP contribution in [0.15, 0.2) is 70.1 Å². The number of carbonyl (C=O) groups excluding carboxylic acids is 3. The van der Waals surface area contributed by atoms with Crippen molar-refractivity contribution in [1.82, 2.24) is 9.47 Å². The van der Waals surface area contributed by atoms with E-state index in [1.807, 2.05) is 13.8 Å². The summed E-state index contributed by atoms with van der Waals surface area (Å²) in [6, 6.07) is 12.0. The minimum atomic E-state index is -0.987. The molecule has 0 saturated carbocycles. The molecule has 0 aliphatic carbocycles. The maximum absolute atomic E-state index is 15.3. The number of carbonyl (C=O) groups is 3. The summed E-state index contributed by atoms with van der Waals surface area (Å²) >= 11 is 9.57. The van der Waals surface area contributed by atoms with Gasteiger partial charge in [0.15, 0.2) is 0 Å². The summed E-state index contributed by atoms with van der Waals surface area (Å²) in [5.41, 5.74) is -0.539. The van der Waals surface area contributed by atoms with Crippen LogP contribution in [-0.4, -0.2) is 59.8 Å². The van der Waals surface area contributed by atoms with E-state index in [4.69, 9.17) is 21.3 Å². The maximum atomic E-state index is 15.3. The number of esters is 1. The first-order valence-corrected chi connectivity index (χ1v) is 14.2. The molecule has 13 heteroatoms. The molecule has 2 atom stereocenters. The number of urea groups is 1. The van der Waals surface area contributed by atoms with Crippen molar-refractivity contribution in [2.75, 3.05) is 30.0 Å². The molecule has 3 amide bonds. The van der Waals surface area contributed by atoms with Gasteiger partial charge in [0.05, 0.1) is 29.8 Å². The van der Waals surface area contributed by atoms with Crippen LogP contribution < -0.4 is 15.3 Å². The van der Waals surface area contributed by atoms with E-state index >= 15 is 4.39 Å². The normalized spacial score (nSPS) is 16.4. The predicted molar refractivity (Wildman–Crippen MR) is 160 cm³/mol. The second-order valence-electron chi connectivity index (χ2n) is 10.1. The van der Waals surface area contributed by atoms with E-state index in [2.05, 4.69) is 21.2 Å². The summed E-state index contributed by atoms with van der Waals surface area (Å²) < 4.78 is 28.3. The molecular weight excluding hydrogens is 635 g/mol. The smallest absolute Gasteiger partial charge is 0.343 e. The minimum absolute atomic E-state index is 0.0766. The maximum Gasteiger partial charge on any atom is 0.343 e. The Labute approximate surface area is 255 Å². The lowest BCUT2D eigenvalue weighted by Crippen LogP contribution is -2.47. The van der Waals surface area contributed by atoms with Gasteiger partial charge < -0.3 is 19.7 Å². The third-order valence-corrected chi connectivity index (χ3v) is 7.31. The summed E-state index contributed by atoms with van der Waals surface area (Å²) in [7, 11) is 1.47. The van der Waals surface area contributed by atoms with Crippen LogP contribution in [0.4, 0.5) is 20.6 Å². The number of pyridine rings is 1. The van der Waals surface area contributed by atoms with Crippen molar-refractivity contribution in [2.45, 2.75) is 32.4 Å². The van der Waals surface area contributed by atoms with Gasteiger partial charge in [-0.25, -0.2) is 18.4 Å². The van der Waals surface area contributed by atoms with Gasteiger partial charge in [0.25, 0.3) is 5.56 Å². The number of anilines is 2. The number of amides is 3. The molecule has 4 rings (SSSR count). The van der Waals surface area contributed by atoms with Crippen molar-refractivity contribution in [2.24, 2.45) is 5.92 Å². The summed E-state index contributed by atoms with van der Waals surface area (Å²) in [6.07, 6.45) is 1.14. The van der Waals surface area contributed by atoms with E-state index in [9.17, 15) is 19.2 Å². The van der Waals surface area contributed by atoms with Crippen molar-refractivity contribution >= 4 is 57.0 Å². The van der Waals surface area contributed by atoms with Crippen LogP contribution in [0.25, 0.3) is 5.69 Å². The Hall–Kier alpha value is -3.74. The zero-order valence-electron chi connectivity index (χ0n) is 23.1. The van der Waals surface area contributed by atoms with Crippen molar-refractivity contribution < 1.29 is 28.2 Å². The van der Waals surface area contributed by atoms with Gasteiger partial charge in [0.1, 0.15) is 17.4 Å². The van der Waals surface area contributed by atoms with Crippen LogP contribution in [0.2, 0.25) is 0 Å². The monoisotopic (exact) mass is 662 g/mol. The summed E-state index contributed by atoms with van der Waals surface area (Å²) in [5, 5.41) is 2.53. The van der Waals surface area contributed by atoms with Gasteiger partial charge in [0.2, 0.25) is 5.91 Å². The lowest BCUT2D eigenvalue weighted by atomic mass is 10.1. The standard InChI is InChI=1S/C29H29BrClFN4O6/c1-17(2)16-42-28(39)22-11-18(30)14-34(27(22)38)20-9-10-24(23(32)12-20)33-26(37)25-13-21(41-3)15-35(25)29(40)36(31)19-7-5-4-6-8-19/h4-12,14,17,21,25H,13,15-16H2,1-3H3,(H,33,37). The number of methoxy groups -OCH3 is 1. The van der Waals surface area contributed by atoms with Crippen LogP contribution in [0.3, 0.4) is 0 Å². The number of benzene rings is 2. The second-order valence-corrected chi connectivity index (χ2v) is 11.3. The predicted octanol–water partition coefficient (Wildman–Crippen LogP) is 5.36. The molecule has 1 aliphatic heterocycles. The first-order valence-electron chi connectivity index (χ1n) is 13.0. The fraction of sp³-hybridized carbons (Fsp3) is 0.310. The lowest BCUT2D eigenvalue weighted by molar-refractivity contribution is -0.119. The Morgan fingerprint density at radius 2 is 1.88 bits per heavy atom. The average molecular weight is 664 g/mol. The first kappa shape index (κ1) is 31.2. The van der Waals surface area contributed by atoms with Crippen LogP contribution in [0.5, 0.6) is 0 Å². The van der Waals surface area contributed by atoms with Gasteiger partial charge in [0, 0.05) is 48.6 Å². The molecule has 42 heavy (non-hydrogen) atoms. The van der Waals surface area contributed by atoms with Crippen LogP contribution in [0.1, 0.15) is 30.6 Å². The molecule has 0 spiro atoms. The summed E-state index contributed by atoms with van der Waals surface area (Å²) in [6.45, 7) is 3.98. The molecule has 1 N–H and O–H groups in total. The first-order chi connectivity index (χ1) is 20.0. The average Bonchev–Trinajstić information content (AvgIpc) is 3.42. The molecule has 0 bridgehead atoms. The molecule has 10 nitrogen and oxygen atoms in total. The van der Waals surface area contributed by atoms with E-state index in [-0.39, 0.29) is 42.4 Å². The van der Waals surface area contributed by atoms with Gasteiger partial charge in [-0.05, 0) is 52.2 Å².